The van der Waals surface area contributed by atoms with Crippen LogP contribution in [0.4, 0.5) is 0 Å². The molecule has 1 rings (SSSR count). The van der Waals surface area contributed by atoms with E-state index in [1.54, 1.807) is 5.46 Å². The smallest absolute Gasteiger partial charge is 0.199 e. The quantitative estimate of drug-likeness (QED) is 0.284. The molecule has 1 aromatic heterocycles. The van der Waals surface area contributed by atoms with Crippen LogP contribution < -0.4 is 24.3 Å². The first-order valence-corrected chi connectivity index (χ1v) is 12.0. The van der Waals surface area contributed by atoms with Crippen LogP contribution in [-0.4, -0.2) is 6.15 Å². The van der Waals surface area contributed by atoms with Crippen molar-refractivity contribution >= 4 is 22.9 Å². The number of hydrogen-bond donors (Lipinski definition) is 0. The van der Waals surface area contributed by atoms with Gasteiger partial charge in [0.25, 0.3) is 0 Å². The Morgan fingerprint density at radius 2 is 1.12 bits per heavy atom. The Morgan fingerprint density at radius 1 is 0.680 bits per heavy atom. The van der Waals surface area contributed by atoms with Crippen molar-refractivity contribution in [1.82, 2.24) is 0 Å². The first-order chi connectivity index (χ1) is 11.8. The monoisotopic (exact) mass is 356 g/mol. The van der Waals surface area contributed by atoms with E-state index in [-0.39, 0.29) is 25.0 Å². The molecule has 0 bridgehead atoms. The second-order valence-electron chi connectivity index (χ2n) is 8.08. The Hall–Kier alpha value is 0.362. The maximum absolute atomic E-state index is 2.49. The van der Waals surface area contributed by atoms with Crippen molar-refractivity contribution in [3.05, 3.63) is 16.8 Å². The Kier molecular flexibility index (Phi) is 16.8. The van der Waals surface area contributed by atoms with Gasteiger partial charge in [-0.15, -0.1) is 0 Å². The Morgan fingerprint density at radius 3 is 1.44 bits per heavy atom. The molecule has 0 nitrogen and oxygen atoms in total. The Bertz CT molecular complexity index is 346. The molecule has 0 radical (unpaired) electrons. The predicted octanol–water partition coefficient (Wildman–Crippen LogP) is 5.15. The summed E-state index contributed by atoms with van der Waals surface area (Å²) in [5.74, 6) is 0. The van der Waals surface area contributed by atoms with Gasteiger partial charge >= 0.3 is 18.9 Å². The van der Waals surface area contributed by atoms with Crippen molar-refractivity contribution in [2.45, 2.75) is 117 Å². The summed E-state index contributed by atoms with van der Waals surface area (Å²) in [7, 11) is 0. The van der Waals surface area contributed by atoms with Crippen LogP contribution in [0.5, 0.6) is 0 Å². The van der Waals surface area contributed by atoms with Crippen molar-refractivity contribution in [2.75, 3.05) is 0 Å². The second-order valence-corrected chi connectivity index (χ2v) is 8.86. The molecule has 0 saturated heterocycles. The van der Waals surface area contributed by atoms with Crippen LogP contribution in [-0.2, 0) is 0 Å². The summed E-state index contributed by atoms with van der Waals surface area (Å²) in [4.78, 5) is 0. The number of thiophene rings is 1. The number of rotatable bonds is 16. The van der Waals surface area contributed by atoms with Crippen molar-refractivity contribution < 1.29 is 18.9 Å². The van der Waals surface area contributed by atoms with Crippen LogP contribution in [0.3, 0.4) is 0 Å². The number of hydrogen-bond acceptors (Lipinski definition) is 1. The van der Waals surface area contributed by atoms with Gasteiger partial charge in [0.05, 0.1) is 0 Å². The van der Waals surface area contributed by atoms with Gasteiger partial charge in [0, 0.05) is 6.15 Å². The summed E-state index contributed by atoms with van der Waals surface area (Å²) < 4.78 is 0. The van der Waals surface area contributed by atoms with Crippen LogP contribution in [0.15, 0.2) is 16.8 Å². The molecular weight excluding hydrogens is 314 g/mol. The molecule has 0 amide bonds. The summed E-state index contributed by atoms with van der Waals surface area (Å²) in [5, 5.41) is 4.80. The van der Waals surface area contributed by atoms with E-state index in [0.717, 1.165) is 0 Å². The molecule has 0 N–H and O–H groups in total. The Labute approximate surface area is 175 Å². The topological polar surface area (TPSA) is 0 Å². The average molecular weight is 356 g/mol. The summed E-state index contributed by atoms with van der Waals surface area (Å²) in [5.41, 5.74) is 1.73. The average Bonchev–Trinajstić information content (AvgIpc) is 3.14. The van der Waals surface area contributed by atoms with E-state index in [0.29, 0.717) is 0 Å². The van der Waals surface area contributed by atoms with E-state index in [1.807, 2.05) is 11.3 Å². The SMILES string of the molecule is CCCCCC[B-](CCCCCC)(CCCCCC)c1ccsc1.[Li+]. The first-order valence-electron chi connectivity index (χ1n) is 11.0. The van der Waals surface area contributed by atoms with Crippen LogP contribution >= 0.6 is 11.3 Å². The van der Waals surface area contributed by atoms with E-state index in [2.05, 4.69) is 37.6 Å². The molecule has 0 atom stereocenters. The molecule has 0 aliphatic heterocycles. The van der Waals surface area contributed by atoms with E-state index < -0.39 is 0 Å². The largest absolute Gasteiger partial charge is 1.00 e. The fourth-order valence-electron chi connectivity index (χ4n) is 4.44. The zero-order valence-electron chi connectivity index (χ0n) is 17.8. The molecule has 0 aromatic carbocycles. The van der Waals surface area contributed by atoms with Gasteiger partial charge in [-0.3, -0.25) is 0 Å². The van der Waals surface area contributed by atoms with Gasteiger partial charge in [-0.1, -0.05) is 104 Å². The number of unbranched alkanes of at least 4 members (excludes halogenated alkanes) is 9. The molecule has 25 heavy (non-hydrogen) atoms. The summed E-state index contributed by atoms with van der Waals surface area (Å²) in [6, 6.07) is 2.46. The molecular formula is C22H42BLiS. The molecule has 0 fully saturated rings. The predicted molar refractivity (Wildman–Crippen MR) is 117 cm³/mol. The van der Waals surface area contributed by atoms with Crippen LogP contribution in [0.2, 0.25) is 19.0 Å². The van der Waals surface area contributed by atoms with E-state index in [9.17, 15) is 0 Å². The summed E-state index contributed by atoms with van der Waals surface area (Å²) >= 11 is 1.91. The minimum Gasteiger partial charge on any atom is -0.199 e. The third kappa shape index (κ3) is 10.3. The van der Waals surface area contributed by atoms with Crippen LogP contribution in [0.25, 0.3) is 0 Å². The third-order valence-corrected chi connectivity index (χ3v) is 6.78. The van der Waals surface area contributed by atoms with E-state index in [1.165, 1.54) is 96.0 Å². The molecule has 0 spiro atoms. The van der Waals surface area contributed by atoms with Crippen LogP contribution in [0, 0.1) is 0 Å². The van der Waals surface area contributed by atoms with Crippen molar-refractivity contribution in [3.8, 4) is 0 Å². The molecule has 140 valence electrons. The van der Waals surface area contributed by atoms with Gasteiger partial charge in [-0.05, 0) is 10.8 Å². The van der Waals surface area contributed by atoms with Crippen LogP contribution in [0.1, 0.15) is 97.8 Å². The molecule has 3 heteroatoms. The minimum absolute atomic E-state index is 0. The molecule has 1 heterocycles. The van der Waals surface area contributed by atoms with Gasteiger partial charge in [-0.25, -0.2) is 0 Å². The summed E-state index contributed by atoms with van der Waals surface area (Å²) in [6.07, 6.45) is 21.1. The minimum atomic E-state index is -0.302. The van der Waals surface area contributed by atoms with Gasteiger partial charge in [-0.2, -0.15) is 35.8 Å². The van der Waals surface area contributed by atoms with Crippen molar-refractivity contribution in [1.29, 1.82) is 0 Å². The van der Waals surface area contributed by atoms with E-state index in [4.69, 9.17) is 0 Å². The van der Waals surface area contributed by atoms with Gasteiger partial charge in [0.1, 0.15) is 0 Å². The van der Waals surface area contributed by atoms with Crippen molar-refractivity contribution in [2.24, 2.45) is 0 Å². The molecule has 1 aromatic rings. The fraction of sp³-hybridized carbons (Fsp3) is 0.818. The van der Waals surface area contributed by atoms with Gasteiger partial charge in [0.2, 0.25) is 0 Å². The maximum Gasteiger partial charge on any atom is 1.00 e. The second kappa shape index (κ2) is 16.5. The fourth-order valence-corrected chi connectivity index (χ4v) is 5.28. The summed E-state index contributed by atoms with van der Waals surface area (Å²) in [6.45, 7) is 6.98. The zero-order valence-corrected chi connectivity index (χ0v) is 18.6. The molecule has 0 aliphatic rings. The van der Waals surface area contributed by atoms with Gasteiger partial charge < -0.3 is 0 Å². The van der Waals surface area contributed by atoms with Gasteiger partial charge in [0.15, 0.2) is 0 Å². The molecule has 0 saturated carbocycles. The molecule has 0 aliphatic carbocycles. The maximum atomic E-state index is 2.49. The zero-order chi connectivity index (χ0) is 17.5. The van der Waals surface area contributed by atoms with Crippen molar-refractivity contribution in [3.63, 3.8) is 0 Å². The van der Waals surface area contributed by atoms with E-state index >= 15 is 0 Å². The standard InChI is InChI=1S/C22H42BS.Li/c1-4-7-10-13-17-23(18-14-11-8-5-2,19-15-12-9-6-3)22-16-20-24-21-22;/h16,20-21H,4-15,17-19H2,1-3H3;/q-1;+1. The Balaban J connectivity index is 0.00000576. The third-order valence-electron chi connectivity index (χ3n) is 6.08. The first kappa shape index (κ1) is 25.4. The normalized spacial score (nSPS) is 11.5. The molecule has 0 unspecified atom stereocenters.